The van der Waals surface area contributed by atoms with Crippen molar-refractivity contribution in [3.8, 4) is 0 Å². The number of hydrogen-bond donors (Lipinski definition) is 2. The van der Waals surface area contributed by atoms with Gasteiger partial charge in [-0.15, -0.1) is 11.3 Å². The fraction of sp³-hybridized carbons (Fsp3) is 0.214. The van der Waals surface area contributed by atoms with Crippen LogP contribution in [0.1, 0.15) is 22.9 Å². The first-order valence-corrected chi connectivity index (χ1v) is 9.39. The van der Waals surface area contributed by atoms with Gasteiger partial charge in [0.2, 0.25) is 10.0 Å². The van der Waals surface area contributed by atoms with E-state index in [1.54, 1.807) is 11.4 Å². The van der Waals surface area contributed by atoms with E-state index in [1.165, 1.54) is 6.07 Å². The van der Waals surface area contributed by atoms with E-state index in [1.807, 2.05) is 0 Å². The zero-order chi connectivity index (χ0) is 18.8. The molecule has 1 heterocycles. The third-order valence-electron chi connectivity index (χ3n) is 3.12. The van der Waals surface area contributed by atoms with Crippen molar-refractivity contribution in [2.45, 2.75) is 23.5 Å². The lowest BCUT2D eigenvalue weighted by Crippen LogP contribution is -2.30. The number of carboxylic acid groups (broad SMARTS) is 1. The summed E-state index contributed by atoms with van der Waals surface area (Å²) in [5.41, 5.74) is -1.29. The topological polar surface area (TPSA) is 83.5 Å². The summed E-state index contributed by atoms with van der Waals surface area (Å²) < 4.78 is 65.6. The lowest BCUT2D eigenvalue weighted by atomic mass is 10.2. The maximum atomic E-state index is 12.9. The molecular weight excluding hydrogens is 403 g/mol. The molecule has 25 heavy (non-hydrogen) atoms. The second-order valence-electron chi connectivity index (χ2n) is 4.93. The number of nitrogens with one attached hydrogen (secondary N) is 1. The first-order valence-electron chi connectivity index (χ1n) is 6.65. The highest BCUT2D eigenvalue weighted by Gasteiger charge is 2.35. The summed E-state index contributed by atoms with van der Waals surface area (Å²) in [4.78, 5) is 10.7. The van der Waals surface area contributed by atoms with Crippen molar-refractivity contribution >= 4 is 38.9 Å². The molecule has 1 atom stereocenters. The highest BCUT2D eigenvalue weighted by Crippen LogP contribution is 2.36. The normalized spacial score (nSPS) is 13.6. The number of carbonyl (C=O) groups is 1. The number of hydrogen-bond acceptors (Lipinski definition) is 4. The van der Waals surface area contributed by atoms with Crippen LogP contribution in [0.25, 0.3) is 0 Å². The Kier molecular flexibility index (Phi) is 5.77. The van der Waals surface area contributed by atoms with Gasteiger partial charge in [-0.2, -0.15) is 13.2 Å². The molecular formula is C14H11ClF3NO4S2. The summed E-state index contributed by atoms with van der Waals surface area (Å²) in [7, 11) is -4.40. The van der Waals surface area contributed by atoms with Crippen molar-refractivity contribution in [3.63, 3.8) is 0 Å². The van der Waals surface area contributed by atoms with Crippen molar-refractivity contribution in [1.82, 2.24) is 4.72 Å². The lowest BCUT2D eigenvalue weighted by molar-refractivity contribution is -0.138. The highest BCUT2D eigenvalue weighted by molar-refractivity contribution is 7.89. The molecule has 136 valence electrons. The molecule has 0 aliphatic heterocycles. The predicted molar refractivity (Wildman–Crippen MR) is 86.1 cm³/mol. The zero-order valence-corrected chi connectivity index (χ0v) is 14.6. The van der Waals surface area contributed by atoms with Crippen molar-refractivity contribution in [2.75, 3.05) is 0 Å². The molecule has 2 rings (SSSR count). The van der Waals surface area contributed by atoms with E-state index in [9.17, 15) is 26.4 Å². The largest absolute Gasteiger partial charge is 0.481 e. The minimum absolute atomic E-state index is 0.414. The van der Waals surface area contributed by atoms with E-state index in [4.69, 9.17) is 16.7 Å². The molecule has 5 nitrogen and oxygen atoms in total. The minimum atomic E-state index is -4.82. The lowest BCUT2D eigenvalue weighted by Gasteiger charge is -2.17. The molecule has 0 fully saturated rings. The number of alkyl halides is 3. The van der Waals surface area contributed by atoms with Crippen LogP contribution in [0.2, 0.25) is 5.02 Å². The Hall–Kier alpha value is -1.62. The van der Waals surface area contributed by atoms with Crippen LogP contribution in [0.5, 0.6) is 0 Å². The molecule has 0 unspecified atom stereocenters. The van der Waals surface area contributed by atoms with Crippen LogP contribution in [0.3, 0.4) is 0 Å². The Morgan fingerprint density at radius 3 is 2.52 bits per heavy atom. The van der Waals surface area contributed by atoms with E-state index in [0.717, 1.165) is 23.5 Å². The molecule has 0 aliphatic carbocycles. The molecule has 0 spiro atoms. The molecule has 11 heteroatoms. The maximum Gasteiger partial charge on any atom is 0.417 e. The average Bonchev–Trinajstić information content (AvgIpc) is 2.98. The van der Waals surface area contributed by atoms with Gasteiger partial charge in [-0.1, -0.05) is 17.7 Å². The Labute approximate surface area is 150 Å². The highest BCUT2D eigenvalue weighted by atomic mass is 35.5. The quantitative estimate of drug-likeness (QED) is 0.752. The van der Waals surface area contributed by atoms with E-state index < -0.39 is 50.1 Å². The van der Waals surface area contributed by atoms with Gasteiger partial charge in [-0.3, -0.25) is 4.79 Å². The average molecular weight is 414 g/mol. The van der Waals surface area contributed by atoms with Crippen LogP contribution in [0.15, 0.2) is 40.6 Å². The summed E-state index contributed by atoms with van der Waals surface area (Å²) in [6.45, 7) is 0. The van der Waals surface area contributed by atoms with Crippen molar-refractivity contribution in [1.29, 1.82) is 0 Å². The molecule has 0 saturated carbocycles. The number of thiophene rings is 1. The summed E-state index contributed by atoms with van der Waals surface area (Å²) in [6.07, 6.45) is -5.38. The number of carboxylic acids is 1. The van der Waals surface area contributed by atoms with Crippen LogP contribution in [0.4, 0.5) is 13.2 Å². The second kappa shape index (κ2) is 7.32. The molecule has 2 aromatic rings. The molecule has 1 aromatic heterocycles. The van der Waals surface area contributed by atoms with Crippen molar-refractivity contribution in [2.24, 2.45) is 0 Å². The first-order chi connectivity index (χ1) is 11.5. The fourth-order valence-electron chi connectivity index (χ4n) is 2.01. The molecule has 2 N–H and O–H groups in total. The summed E-state index contributed by atoms with van der Waals surface area (Å²) in [6, 6.07) is 4.20. The SMILES string of the molecule is O=C(O)C[C@@H](NS(=O)(=O)c1ccc(Cl)c(C(F)(F)F)c1)c1cccs1. The number of rotatable bonds is 6. The predicted octanol–water partition coefficient (Wildman–Crippen LogP) is 3.91. The maximum absolute atomic E-state index is 12.9. The van der Waals surface area contributed by atoms with Gasteiger partial charge >= 0.3 is 12.1 Å². The Balaban J connectivity index is 2.39. The molecule has 0 radical (unpaired) electrons. The van der Waals surface area contributed by atoms with Gasteiger partial charge in [0, 0.05) is 4.88 Å². The van der Waals surface area contributed by atoms with E-state index in [2.05, 4.69) is 4.72 Å². The summed E-state index contributed by atoms with van der Waals surface area (Å²) in [5.74, 6) is -1.26. The van der Waals surface area contributed by atoms with E-state index in [-0.39, 0.29) is 0 Å². The number of sulfonamides is 1. The van der Waals surface area contributed by atoms with E-state index >= 15 is 0 Å². The molecule has 0 saturated heterocycles. The molecule has 0 amide bonds. The Bertz CT molecular complexity index is 867. The zero-order valence-electron chi connectivity index (χ0n) is 12.2. The van der Waals surface area contributed by atoms with Gasteiger partial charge in [0.25, 0.3) is 0 Å². The van der Waals surface area contributed by atoms with Crippen molar-refractivity contribution in [3.05, 3.63) is 51.2 Å². The Morgan fingerprint density at radius 2 is 2.00 bits per heavy atom. The van der Waals surface area contributed by atoms with Gasteiger partial charge in [0.05, 0.1) is 27.9 Å². The van der Waals surface area contributed by atoms with Crippen LogP contribution in [-0.4, -0.2) is 19.5 Å². The standard InChI is InChI=1S/C14H11ClF3NO4S2/c15-10-4-3-8(6-9(10)14(16,17)18)25(22,23)19-11(7-13(20)21)12-2-1-5-24-12/h1-6,11,19H,7H2,(H,20,21)/t11-/m1/s1. The third-order valence-corrected chi connectivity index (χ3v) is 5.90. The molecule has 0 bridgehead atoms. The van der Waals surface area contributed by atoms with Gasteiger partial charge in [-0.25, -0.2) is 13.1 Å². The van der Waals surface area contributed by atoms with Gasteiger partial charge in [0.15, 0.2) is 0 Å². The van der Waals surface area contributed by atoms with Crippen molar-refractivity contribution < 1.29 is 31.5 Å². The summed E-state index contributed by atoms with van der Waals surface area (Å²) in [5, 5.41) is 9.94. The number of aliphatic carboxylic acids is 1. The third kappa shape index (κ3) is 4.94. The number of benzene rings is 1. The van der Waals surface area contributed by atoms with Crippen LogP contribution in [0, 0.1) is 0 Å². The second-order valence-corrected chi connectivity index (χ2v) is 8.03. The van der Waals surface area contributed by atoms with Crippen LogP contribution < -0.4 is 4.72 Å². The Morgan fingerprint density at radius 1 is 1.32 bits per heavy atom. The van der Waals surface area contributed by atoms with Gasteiger partial charge in [-0.05, 0) is 29.6 Å². The molecule has 1 aromatic carbocycles. The smallest absolute Gasteiger partial charge is 0.417 e. The number of halogens is 4. The first kappa shape index (κ1) is 19.7. The van der Waals surface area contributed by atoms with Crippen LogP contribution >= 0.6 is 22.9 Å². The minimum Gasteiger partial charge on any atom is -0.481 e. The van der Waals surface area contributed by atoms with E-state index in [0.29, 0.717) is 10.9 Å². The summed E-state index contributed by atoms with van der Waals surface area (Å²) >= 11 is 6.60. The molecule has 0 aliphatic rings. The van der Waals surface area contributed by atoms with Gasteiger partial charge in [0.1, 0.15) is 0 Å². The van der Waals surface area contributed by atoms with Crippen LogP contribution in [-0.2, 0) is 21.0 Å². The monoisotopic (exact) mass is 413 g/mol. The van der Waals surface area contributed by atoms with Gasteiger partial charge < -0.3 is 5.11 Å². The fourth-order valence-corrected chi connectivity index (χ4v) is 4.33.